The maximum Gasteiger partial charge on any atom is 0.251 e. The Kier molecular flexibility index (Phi) is 7.97. The second-order valence-corrected chi connectivity index (χ2v) is 14.7. The Morgan fingerprint density at radius 1 is 0.804 bits per heavy atom. The molecule has 4 bridgehead atoms. The average Bonchev–Trinajstić information content (AvgIpc) is 3.07. The summed E-state index contributed by atoms with van der Waals surface area (Å²) in [6.45, 7) is 8.49. The lowest BCUT2D eigenvalue weighted by molar-refractivity contribution is -0.0503. The zero-order chi connectivity index (χ0) is 31.1. The van der Waals surface area contributed by atoms with Crippen molar-refractivity contribution in [2.75, 3.05) is 44.2 Å². The highest BCUT2D eigenvalue weighted by Crippen LogP contribution is 2.59. The molecule has 238 valence electrons. The molecule has 1 N–H and O–H groups in total. The molecule has 1 saturated heterocycles. The van der Waals surface area contributed by atoms with Gasteiger partial charge < -0.3 is 15.0 Å². The largest absolute Gasteiger partial charge is 0.494 e. The van der Waals surface area contributed by atoms with Crippen molar-refractivity contribution in [3.8, 4) is 16.9 Å². The quantitative estimate of drug-likeness (QED) is 0.207. The van der Waals surface area contributed by atoms with Gasteiger partial charge in [-0.3, -0.25) is 9.69 Å². The predicted molar refractivity (Wildman–Crippen MR) is 187 cm³/mol. The molecule has 5 fully saturated rings. The average molecular weight is 614 g/mol. The van der Waals surface area contributed by atoms with Crippen molar-refractivity contribution in [1.82, 2.24) is 10.2 Å². The van der Waals surface area contributed by atoms with Gasteiger partial charge in [-0.2, -0.15) is 0 Å². The number of benzene rings is 4. The summed E-state index contributed by atoms with van der Waals surface area (Å²) < 4.78 is 5.78. The third-order valence-electron chi connectivity index (χ3n) is 11.5. The number of piperazine rings is 1. The minimum atomic E-state index is 0.0901. The molecule has 1 heterocycles. The summed E-state index contributed by atoms with van der Waals surface area (Å²) in [5.41, 5.74) is 6.17. The molecule has 4 aliphatic carbocycles. The zero-order valence-corrected chi connectivity index (χ0v) is 27.2. The van der Waals surface area contributed by atoms with E-state index in [0.29, 0.717) is 12.0 Å². The Bertz CT molecular complexity index is 1670. The summed E-state index contributed by atoms with van der Waals surface area (Å²) in [4.78, 5) is 18.2. The zero-order valence-electron chi connectivity index (χ0n) is 27.2. The van der Waals surface area contributed by atoms with Gasteiger partial charge in [-0.25, -0.2) is 0 Å². The second-order valence-electron chi connectivity index (χ2n) is 14.7. The number of carbonyl (C=O) groups excluding carboxylic acids is 1. The van der Waals surface area contributed by atoms with Crippen LogP contribution in [-0.2, 0) is 6.54 Å². The normalized spacial score (nSPS) is 25.6. The van der Waals surface area contributed by atoms with Crippen molar-refractivity contribution in [2.24, 2.45) is 23.2 Å². The van der Waals surface area contributed by atoms with Crippen molar-refractivity contribution in [3.63, 3.8) is 0 Å². The number of anilines is 1. The summed E-state index contributed by atoms with van der Waals surface area (Å²) in [6, 6.07) is 30.1. The molecule has 0 spiro atoms. The van der Waals surface area contributed by atoms with E-state index in [4.69, 9.17) is 4.74 Å². The summed E-state index contributed by atoms with van der Waals surface area (Å²) in [5.74, 6) is 3.75. The Labute approximate surface area is 273 Å². The van der Waals surface area contributed by atoms with Crippen LogP contribution in [0.25, 0.3) is 21.9 Å². The number of hydrogen-bond acceptors (Lipinski definition) is 4. The van der Waals surface area contributed by atoms with Gasteiger partial charge in [0, 0.05) is 50.5 Å². The standard InChI is InChI=1S/C41H47N3O2/c1-2-46-36-7-5-6-33(23-36)38-15-12-34(37-8-3-4-9-39(37)38)27-43-16-18-44(19-17-43)35-13-10-32(11-14-35)40(45)42-28-41-24-29-20-30(25-41)22-31(21-29)26-41/h3-15,23,29-31H,2,16-22,24-28H2,1H3,(H,42,45). The molecule has 0 radical (unpaired) electrons. The van der Waals surface area contributed by atoms with Gasteiger partial charge in [-0.1, -0.05) is 48.5 Å². The molecule has 0 atom stereocenters. The van der Waals surface area contributed by atoms with Gasteiger partial charge in [0.1, 0.15) is 5.75 Å². The van der Waals surface area contributed by atoms with Crippen molar-refractivity contribution < 1.29 is 9.53 Å². The molecule has 1 aliphatic heterocycles. The van der Waals surface area contributed by atoms with Gasteiger partial charge in [0.15, 0.2) is 0 Å². The van der Waals surface area contributed by atoms with E-state index in [1.165, 1.54) is 71.7 Å². The highest BCUT2D eigenvalue weighted by molar-refractivity contribution is 5.98. The van der Waals surface area contributed by atoms with E-state index in [1.54, 1.807) is 0 Å². The predicted octanol–water partition coefficient (Wildman–Crippen LogP) is 8.17. The number of hydrogen-bond donors (Lipinski definition) is 1. The Balaban J connectivity index is 0.878. The summed E-state index contributed by atoms with van der Waals surface area (Å²) in [5, 5.41) is 5.96. The first kappa shape index (κ1) is 29.6. The fraction of sp³-hybridized carbons (Fsp3) is 0.439. The fourth-order valence-electron chi connectivity index (χ4n) is 9.78. The van der Waals surface area contributed by atoms with E-state index in [2.05, 4.69) is 81.8 Å². The lowest BCUT2D eigenvalue weighted by Gasteiger charge is -2.56. The Morgan fingerprint density at radius 3 is 2.20 bits per heavy atom. The molecule has 46 heavy (non-hydrogen) atoms. The third kappa shape index (κ3) is 5.90. The monoisotopic (exact) mass is 613 g/mol. The molecular formula is C41H47N3O2. The molecule has 4 aromatic rings. The van der Waals surface area contributed by atoms with Crippen LogP contribution >= 0.6 is 0 Å². The topological polar surface area (TPSA) is 44.8 Å². The van der Waals surface area contributed by atoms with Gasteiger partial charge >= 0.3 is 0 Å². The molecule has 5 nitrogen and oxygen atoms in total. The second kappa shape index (κ2) is 12.4. The Hall–Kier alpha value is -3.83. The molecule has 0 unspecified atom stereocenters. The van der Waals surface area contributed by atoms with E-state index in [0.717, 1.165) is 68.3 Å². The first-order valence-corrected chi connectivity index (χ1v) is 17.6. The van der Waals surface area contributed by atoms with Crippen LogP contribution in [0, 0.1) is 23.2 Å². The summed E-state index contributed by atoms with van der Waals surface area (Å²) in [6.07, 6.45) is 8.31. The molecule has 4 aromatic carbocycles. The van der Waals surface area contributed by atoms with Crippen LogP contribution in [0.3, 0.4) is 0 Å². The van der Waals surface area contributed by atoms with Crippen LogP contribution in [0.4, 0.5) is 5.69 Å². The molecule has 5 heteroatoms. The molecule has 9 rings (SSSR count). The highest BCUT2D eigenvalue weighted by Gasteiger charge is 2.50. The van der Waals surface area contributed by atoms with E-state index >= 15 is 0 Å². The third-order valence-corrected chi connectivity index (χ3v) is 11.5. The molecule has 5 aliphatic rings. The molecule has 4 saturated carbocycles. The van der Waals surface area contributed by atoms with Crippen LogP contribution in [0.2, 0.25) is 0 Å². The lowest BCUT2D eigenvalue weighted by Crippen LogP contribution is -2.51. The van der Waals surface area contributed by atoms with Gasteiger partial charge in [0.25, 0.3) is 5.91 Å². The van der Waals surface area contributed by atoms with Crippen LogP contribution in [-0.4, -0.2) is 50.1 Å². The van der Waals surface area contributed by atoms with Crippen molar-refractivity contribution in [1.29, 1.82) is 0 Å². The maximum atomic E-state index is 13.1. The van der Waals surface area contributed by atoms with E-state index in [1.807, 2.05) is 25.1 Å². The first-order valence-electron chi connectivity index (χ1n) is 17.6. The summed E-state index contributed by atoms with van der Waals surface area (Å²) in [7, 11) is 0. The van der Waals surface area contributed by atoms with Crippen LogP contribution in [0.5, 0.6) is 5.75 Å². The van der Waals surface area contributed by atoms with Crippen LogP contribution < -0.4 is 15.0 Å². The first-order chi connectivity index (χ1) is 22.5. The fourth-order valence-corrected chi connectivity index (χ4v) is 9.78. The molecular weight excluding hydrogens is 566 g/mol. The van der Waals surface area contributed by atoms with Gasteiger partial charge in [-0.15, -0.1) is 0 Å². The number of fused-ring (bicyclic) bond motifs is 1. The molecule has 0 aromatic heterocycles. The van der Waals surface area contributed by atoms with Crippen molar-refractivity contribution in [3.05, 3.63) is 96.1 Å². The SMILES string of the molecule is CCOc1cccc(-c2ccc(CN3CCN(c4ccc(C(=O)NCC56CC7CC(CC(C7)C5)C6)cc4)CC3)c3ccccc23)c1. The Morgan fingerprint density at radius 2 is 1.50 bits per heavy atom. The van der Waals surface area contributed by atoms with Crippen LogP contribution in [0.15, 0.2) is 84.9 Å². The number of nitrogens with zero attached hydrogens (tertiary/aromatic N) is 2. The van der Waals surface area contributed by atoms with Gasteiger partial charge in [-0.05, 0) is 132 Å². The van der Waals surface area contributed by atoms with E-state index in [-0.39, 0.29) is 5.91 Å². The minimum absolute atomic E-state index is 0.0901. The molecule has 1 amide bonds. The number of amides is 1. The smallest absolute Gasteiger partial charge is 0.251 e. The number of carbonyl (C=O) groups is 1. The number of rotatable bonds is 9. The van der Waals surface area contributed by atoms with E-state index < -0.39 is 0 Å². The lowest BCUT2D eigenvalue weighted by atomic mass is 9.49. The van der Waals surface area contributed by atoms with Gasteiger partial charge in [0.2, 0.25) is 0 Å². The van der Waals surface area contributed by atoms with Crippen molar-refractivity contribution in [2.45, 2.75) is 52.0 Å². The number of ether oxygens (including phenoxy) is 1. The van der Waals surface area contributed by atoms with Crippen molar-refractivity contribution >= 4 is 22.4 Å². The highest BCUT2D eigenvalue weighted by atomic mass is 16.5. The number of nitrogens with one attached hydrogen (secondary N) is 1. The van der Waals surface area contributed by atoms with Gasteiger partial charge in [0.05, 0.1) is 6.61 Å². The summed E-state index contributed by atoms with van der Waals surface area (Å²) >= 11 is 0. The van der Waals surface area contributed by atoms with E-state index in [9.17, 15) is 4.79 Å². The minimum Gasteiger partial charge on any atom is -0.494 e. The maximum absolute atomic E-state index is 13.1. The van der Waals surface area contributed by atoms with Crippen LogP contribution in [0.1, 0.15) is 61.4 Å².